The van der Waals surface area contributed by atoms with E-state index in [9.17, 15) is 14.0 Å². The van der Waals surface area contributed by atoms with Crippen molar-refractivity contribution < 1.29 is 23.5 Å². The van der Waals surface area contributed by atoms with Gasteiger partial charge in [0.2, 0.25) is 5.91 Å². The molecule has 8 heteroatoms. The lowest BCUT2D eigenvalue weighted by Crippen LogP contribution is -2.50. The van der Waals surface area contributed by atoms with Crippen LogP contribution >= 0.6 is 0 Å². The van der Waals surface area contributed by atoms with Gasteiger partial charge in [0.1, 0.15) is 19.0 Å². The Balaban J connectivity index is 1.19. The molecule has 2 aromatic rings. The van der Waals surface area contributed by atoms with Crippen LogP contribution in [0.4, 0.5) is 10.1 Å². The van der Waals surface area contributed by atoms with Gasteiger partial charge in [-0.25, -0.2) is 4.39 Å². The van der Waals surface area contributed by atoms with Crippen molar-refractivity contribution in [2.24, 2.45) is 0 Å². The van der Waals surface area contributed by atoms with Gasteiger partial charge >= 0.3 is 0 Å². The first-order chi connectivity index (χ1) is 16.5. The lowest BCUT2D eigenvalue weighted by atomic mass is 10.0. The first-order valence-corrected chi connectivity index (χ1v) is 12.0. The Bertz CT molecular complexity index is 1080. The van der Waals surface area contributed by atoms with E-state index >= 15 is 0 Å². The van der Waals surface area contributed by atoms with Crippen LogP contribution in [0.2, 0.25) is 0 Å². The topological polar surface area (TPSA) is 62.3 Å². The van der Waals surface area contributed by atoms with Crippen molar-refractivity contribution in [3.63, 3.8) is 0 Å². The third-order valence-electron chi connectivity index (χ3n) is 6.95. The summed E-state index contributed by atoms with van der Waals surface area (Å²) in [6.07, 6.45) is 1.92. The maximum atomic E-state index is 14.5. The highest BCUT2D eigenvalue weighted by Gasteiger charge is 2.32. The Morgan fingerprint density at radius 2 is 1.74 bits per heavy atom. The van der Waals surface area contributed by atoms with Gasteiger partial charge in [-0.1, -0.05) is 6.07 Å². The number of Topliss-reactive ketones (excluding diaryl/α,β-unsaturated/α-hetero) is 1. The van der Waals surface area contributed by atoms with E-state index in [4.69, 9.17) is 9.47 Å². The summed E-state index contributed by atoms with van der Waals surface area (Å²) >= 11 is 0. The van der Waals surface area contributed by atoms with Crippen molar-refractivity contribution in [3.05, 3.63) is 53.3 Å². The first-order valence-electron chi connectivity index (χ1n) is 12.0. The maximum absolute atomic E-state index is 14.5. The minimum atomic E-state index is -0.378. The molecule has 2 fully saturated rings. The van der Waals surface area contributed by atoms with E-state index in [1.807, 2.05) is 28.0 Å². The van der Waals surface area contributed by atoms with Crippen molar-refractivity contribution >= 4 is 17.4 Å². The minimum Gasteiger partial charge on any atom is -0.486 e. The van der Waals surface area contributed by atoms with Crippen LogP contribution in [-0.2, 0) is 4.79 Å². The van der Waals surface area contributed by atoms with Gasteiger partial charge in [-0.2, -0.15) is 0 Å². The van der Waals surface area contributed by atoms with Crippen molar-refractivity contribution in [2.75, 3.05) is 57.4 Å². The Kier molecular flexibility index (Phi) is 6.41. The van der Waals surface area contributed by atoms with Gasteiger partial charge in [-0.15, -0.1) is 0 Å². The molecule has 0 spiro atoms. The fraction of sp³-hybridized carbons (Fsp3) is 0.462. The number of ether oxygens (including phenoxy) is 2. The highest BCUT2D eigenvalue weighted by atomic mass is 19.1. The van der Waals surface area contributed by atoms with Crippen LogP contribution in [0, 0.1) is 5.82 Å². The average Bonchev–Trinajstić information content (AvgIpc) is 3.34. The van der Waals surface area contributed by atoms with Crippen molar-refractivity contribution in [2.45, 2.75) is 25.8 Å². The second kappa shape index (κ2) is 9.62. The molecule has 0 aromatic heterocycles. The first kappa shape index (κ1) is 22.7. The predicted molar refractivity (Wildman–Crippen MR) is 126 cm³/mol. The number of carbonyl (C=O) groups excluding carboxylic acids is 2. The van der Waals surface area contributed by atoms with Crippen LogP contribution in [0.3, 0.4) is 0 Å². The van der Waals surface area contributed by atoms with Gasteiger partial charge in [0.15, 0.2) is 17.3 Å². The number of hydrogen-bond donors (Lipinski definition) is 0. The molecular formula is C26H30FN3O4. The molecule has 2 aromatic carbocycles. The maximum Gasteiger partial charge on any atom is 0.237 e. The molecule has 3 aliphatic rings. The van der Waals surface area contributed by atoms with E-state index in [0.29, 0.717) is 57.2 Å². The number of rotatable bonds is 5. The summed E-state index contributed by atoms with van der Waals surface area (Å²) in [5.74, 6) is 1.11. The quantitative estimate of drug-likeness (QED) is 0.629. The molecule has 3 heterocycles. The summed E-state index contributed by atoms with van der Waals surface area (Å²) in [4.78, 5) is 30.8. The third-order valence-corrected chi connectivity index (χ3v) is 6.95. The second-order valence-corrected chi connectivity index (χ2v) is 9.13. The largest absolute Gasteiger partial charge is 0.486 e. The van der Waals surface area contributed by atoms with E-state index in [1.54, 1.807) is 12.1 Å². The number of ketones is 1. The van der Waals surface area contributed by atoms with E-state index < -0.39 is 0 Å². The Morgan fingerprint density at radius 1 is 0.971 bits per heavy atom. The molecule has 0 aliphatic carbocycles. The molecule has 5 rings (SSSR count). The van der Waals surface area contributed by atoms with Crippen molar-refractivity contribution in [3.8, 4) is 11.5 Å². The average molecular weight is 468 g/mol. The predicted octanol–water partition coefficient (Wildman–Crippen LogP) is 3.29. The molecule has 1 atom stereocenters. The number of hydrogen-bond acceptors (Lipinski definition) is 6. The van der Waals surface area contributed by atoms with Crippen molar-refractivity contribution in [1.29, 1.82) is 0 Å². The summed E-state index contributed by atoms with van der Waals surface area (Å²) in [6, 6.07) is 10.7. The van der Waals surface area contributed by atoms with Crippen LogP contribution in [0.15, 0.2) is 36.4 Å². The highest BCUT2D eigenvalue weighted by molar-refractivity contribution is 5.94. The van der Waals surface area contributed by atoms with Gasteiger partial charge in [0.05, 0.1) is 18.3 Å². The summed E-state index contributed by atoms with van der Waals surface area (Å²) in [5.41, 5.74) is 1.97. The molecule has 7 nitrogen and oxygen atoms in total. The van der Waals surface area contributed by atoms with E-state index in [-0.39, 0.29) is 23.5 Å². The molecule has 0 saturated carbocycles. The van der Waals surface area contributed by atoms with Gasteiger partial charge in [-0.3, -0.25) is 14.5 Å². The van der Waals surface area contributed by atoms with Gasteiger partial charge in [0.25, 0.3) is 0 Å². The van der Waals surface area contributed by atoms with Crippen LogP contribution < -0.4 is 14.4 Å². The number of benzene rings is 2. The number of fused-ring (bicyclic) bond motifs is 1. The Morgan fingerprint density at radius 3 is 2.47 bits per heavy atom. The molecule has 1 amide bonds. The third kappa shape index (κ3) is 4.59. The fourth-order valence-electron chi connectivity index (χ4n) is 5.09. The number of amides is 1. The van der Waals surface area contributed by atoms with E-state index in [0.717, 1.165) is 36.4 Å². The lowest BCUT2D eigenvalue weighted by molar-refractivity contribution is -0.133. The zero-order chi connectivity index (χ0) is 23.7. The molecule has 34 heavy (non-hydrogen) atoms. The van der Waals surface area contributed by atoms with Crippen LogP contribution in [0.25, 0.3) is 0 Å². The Labute approximate surface area is 199 Å². The monoisotopic (exact) mass is 467 g/mol. The van der Waals surface area contributed by atoms with E-state index in [1.165, 1.54) is 13.0 Å². The molecule has 3 aliphatic heterocycles. The normalized spacial score (nSPS) is 20.5. The number of piperazine rings is 1. The molecule has 1 unspecified atom stereocenters. The summed E-state index contributed by atoms with van der Waals surface area (Å²) < 4.78 is 25.9. The van der Waals surface area contributed by atoms with Crippen LogP contribution in [-0.4, -0.2) is 74.0 Å². The standard InChI is InChI=1S/C26H30FN3O4/c1-18(31)19-4-6-23(21(27)15-19)29-11-9-28(10-12-29)17-26(32)30-8-2-3-22(30)20-5-7-24-25(16-20)34-14-13-33-24/h4-7,15-16,22H,2-3,8-14,17H2,1H3. The number of nitrogens with zero attached hydrogens (tertiary/aromatic N) is 3. The zero-order valence-electron chi connectivity index (χ0n) is 19.5. The lowest BCUT2D eigenvalue weighted by Gasteiger charge is -2.37. The van der Waals surface area contributed by atoms with Gasteiger partial charge in [0, 0.05) is 38.3 Å². The molecule has 0 bridgehead atoms. The Hall–Kier alpha value is -3.13. The SMILES string of the molecule is CC(=O)c1ccc(N2CCN(CC(=O)N3CCCC3c3ccc4c(c3)OCCO4)CC2)c(F)c1. The van der Waals surface area contributed by atoms with Crippen LogP contribution in [0.5, 0.6) is 11.5 Å². The summed E-state index contributed by atoms with van der Waals surface area (Å²) in [6.45, 7) is 6.29. The molecule has 0 radical (unpaired) electrons. The summed E-state index contributed by atoms with van der Waals surface area (Å²) in [7, 11) is 0. The minimum absolute atomic E-state index is 0.0542. The zero-order valence-corrected chi connectivity index (χ0v) is 19.5. The van der Waals surface area contributed by atoms with Crippen LogP contribution in [0.1, 0.15) is 41.7 Å². The molecule has 180 valence electrons. The number of carbonyl (C=O) groups is 2. The molecule has 0 N–H and O–H groups in total. The number of anilines is 1. The number of halogens is 1. The van der Waals surface area contributed by atoms with Gasteiger partial charge in [-0.05, 0) is 55.7 Å². The summed E-state index contributed by atoms with van der Waals surface area (Å²) in [5, 5.41) is 0. The number of likely N-dealkylation sites (tertiary alicyclic amines) is 1. The van der Waals surface area contributed by atoms with Crippen molar-refractivity contribution in [1.82, 2.24) is 9.80 Å². The molecular weight excluding hydrogens is 437 g/mol. The second-order valence-electron chi connectivity index (χ2n) is 9.13. The fourth-order valence-corrected chi connectivity index (χ4v) is 5.09. The molecule has 2 saturated heterocycles. The highest BCUT2D eigenvalue weighted by Crippen LogP contribution is 2.38. The van der Waals surface area contributed by atoms with E-state index in [2.05, 4.69) is 4.90 Å². The van der Waals surface area contributed by atoms with Gasteiger partial charge < -0.3 is 19.3 Å². The smallest absolute Gasteiger partial charge is 0.237 e.